The molecule has 3 nitrogen and oxygen atoms in total. The van der Waals surface area contributed by atoms with Crippen LogP contribution in [0, 0.1) is 0 Å². The zero-order chi connectivity index (χ0) is 16.7. The van der Waals surface area contributed by atoms with Crippen LogP contribution in [0.25, 0.3) is 0 Å². The van der Waals surface area contributed by atoms with Gasteiger partial charge in [-0.1, -0.05) is 23.7 Å². The summed E-state index contributed by atoms with van der Waals surface area (Å²) in [6.07, 6.45) is 0. The van der Waals surface area contributed by atoms with Crippen molar-refractivity contribution in [3.8, 4) is 0 Å². The van der Waals surface area contributed by atoms with Gasteiger partial charge in [0.2, 0.25) is 0 Å². The number of anilines is 1. The molecule has 0 unspecified atom stereocenters. The molecule has 5 heteroatoms. The van der Waals surface area contributed by atoms with Gasteiger partial charge in [-0.05, 0) is 42.0 Å². The number of carbonyl (C=O) groups is 1. The van der Waals surface area contributed by atoms with Crippen molar-refractivity contribution in [2.45, 2.75) is 5.75 Å². The van der Waals surface area contributed by atoms with Gasteiger partial charge in [-0.2, -0.15) is 11.8 Å². The van der Waals surface area contributed by atoms with Crippen molar-refractivity contribution >= 4 is 35.0 Å². The summed E-state index contributed by atoms with van der Waals surface area (Å²) in [5, 5.41) is 3.70. The van der Waals surface area contributed by atoms with E-state index in [0.717, 1.165) is 22.2 Å². The third-order valence-electron chi connectivity index (χ3n) is 3.36. The Morgan fingerprint density at radius 2 is 1.74 bits per heavy atom. The lowest BCUT2D eigenvalue weighted by atomic mass is 10.2. The Hall–Kier alpha value is -1.65. The monoisotopic (exact) mass is 348 g/mol. The van der Waals surface area contributed by atoms with Gasteiger partial charge >= 0.3 is 0 Å². The molecule has 122 valence electrons. The Balaban J connectivity index is 1.69. The van der Waals surface area contributed by atoms with E-state index in [1.165, 1.54) is 5.56 Å². The molecule has 0 spiro atoms. The minimum absolute atomic E-state index is 0.0256. The molecule has 0 fully saturated rings. The second kappa shape index (κ2) is 8.85. The molecule has 0 saturated carbocycles. The van der Waals surface area contributed by atoms with Gasteiger partial charge < -0.3 is 10.2 Å². The first-order chi connectivity index (χ1) is 11.1. The minimum Gasteiger partial charge on any atom is -0.378 e. The Morgan fingerprint density at radius 3 is 2.35 bits per heavy atom. The van der Waals surface area contributed by atoms with Crippen LogP contribution in [-0.4, -0.2) is 32.3 Å². The molecule has 2 aromatic rings. The van der Waals surface area contributed by atoms with E-state index < -0.39 is 0 Å². The topological polar surface area (TPSA) is 32.3 Å². The van der Waals surface area contributed by atoms with Crippen molar-refractivity contribution in [2.24, 2.45) is 0 Å². The maximum Gasteiger partial charge on any atom is 0.251 e. The van der Waals surface area contributed by atoms with Crippen LogP contribution in [0.3, 0.4) is 0 Å². The summed E-state index contributed by atoms with van der Waals surface area (Å²) in [5.41, 5.74) is 3.02. The lowest BCUT2D eigenvalue weighted by molar-refractivity contribution is 0.0956. The molecule has 0 atom stereocenters. The number of amides is 1. The number of thioether (sulfide) groups is 1. The van der Waals surface area contributed by atoms with Crippen molar-refractivity contribution in [3.05, 3.63) is 64.7 Å². The van der Waals surface area contributed by atoms with Gasteiger partial charge in [-0.25, -0.2) is 0 Å². The molecule has 2 rings (SSSR count). The van der Waals surface area contributed by atoms with Gasteiger partial charge in [0.25, 0.3) is 5.91 Å². The summed E-state index contributed by atoms with van der Waals surface area (Å²) < 4.78 is 0. The Morgan fingerprint density at radius 1 is 1.09 bits per heavy atom. The average molecular weight is 349 g/mol. The SMILES string of the molecule is CN(C)c1ccc(C(=O)NCCSCc2ccc(Cl)cc2)cc1. The van der Waals surface area contributed by atoms with Crippen molar-refractivity contribution in [1.29, 1.82) is 0 Å². The van der Waals surface area contributed by atoms with Crippen LogP contribution in [0.15, 0.2) is 48.5 Å². The van der Waals surface area contributed by atoms with E-state index in [1.54, 1.807) is 11.8 Å². The normalized spacial score (nSPS) is 10.4. The molecule has 1 N–H and O–H groups in total. The quantitative estimate of drug-likeness (QED) is 0.765. The van der Waals surface area contributed by atoms with Crippen molar-refractivity contribution in [1.82, 2.24) is 5.32 Å². The number of nitrogens with zero attached hydrogens (tertiary/aromatic N) is 1. The predicted molar refractivity (Wildman–Crippen MR) is 101 cm³/mol. The first kappa shape index (κ1) is 17.7. The summed E-state index contributed by atoms with van der Waals surface area (Å²) in [6.45, 7) is 0.659. The van der Waals surface area contributed by atoms with Gasteiger partial charge in [-0.3, -0.25) is 4.79 Å². The van der Waals surface area contributed by atoms with Gasteiger partial charge in [0, 0.05) is 48.4 Å². The third kappa shape index (κ3) is 5.81. The molecule has 0 radical (unpaired) electrons. The Kier molecular flexibility index (Phi) is 6.81. The fourth-order valence-corrected chi connectivity index (χ4v) is 2.97. The minimum atomic E-state index is -0.0256. The zero-order valence-electron chi connectivity index (χ0n) is 13.4. The number of nitrogens with one attached hydrogen (secondary N) is 1. The maximum atomic E-state index is 12.0. The summed E-state index contributed by atoms with van der Waals surface area (Å²) in [5.74, 6) is 1.77. The van der Waals surface area contributed by atoms with Crippen LogP contribution < -0.4 is 10.2 Å². The van der Waals surface area contributed by atoms with E-state index in [1.807, 2.05) is 67.5 Å². The van der Waals surface area contributed by atoms with E-state index in [9.17, 15) is 4.79 Å². The van der Waals surface area contributed by atoms with Crippen LogP contribution in [0.1, 0.15) is 15.9 Å². The second-order valence-electron chi connectivity index (χ2n) is 5.38. The number of hydrogen-bond donors (Lipinski definition) is 1. The largest absolute Gasteiger partial charge is 0.378 e. The van der Waals surface area contributed by atoms with Crippen molar-refractivity contribution in [3.63, 3.8) is 0 Å². The molecule has 23 heavy (non-hydrogen) atoms. The van der Waals surface area contributed by atoms with Crippen molar-refractivity contribution < 1.29 is 4.79 Å². The van der Waals surface area contributed by atoms with E-state index in [4.69, 9.17) is 11.6 Å². The third-order valence-corrected chi connectivity index (χ3v) is 4.64. The first-order valence-corrected chi connectivity index (χ1v) is 8.97. The number of carbonyl (C=O) groups excluding carboxylic acids is 1. The van der Waals surface area contributed by atoms with E-state index in [-0.39, 0.29) is 5.91 Å². The van der Waals surface area contributed by atoms with Gasteiger partial charge in [0.05, 0.1) is 0 Å². The average Bonchev–Trinajstić information content (AvgIpc) is 2.56. The molecule has 0 heterocycles. The van der Waals surface area contributed by atoms with E-state index >= 15 is 0 Å². The molecular formula is C18H21ClN2OS. The van der Waals surface area contributed by atoms with Gasteiger partial charge in [0.1, 0.15) is 0 Å². The van der Waals surface area contributed by atoms with E-state index in [0.29, 0.717) is 12.1 Å². The fourth-order valence-electron chi connectivity index (χ4n) is 2.02. The van der Waals surface area contributed by atoms with Crippen molar-refractivity contribution in [2.75, 3.05) is 31.3 Å². The number of hydrogen-bond acceptors (Lipinski definition) is 3. The molecule has 0 aliphatic rings. The molecule has 2 aromatic carbocycles. The molecule has 0 aliphatic heterocycles. The van der Waals surface area contributed by atoms with Gasteiger partial charge in [-0.15, -0.1) is 0 Å². The predicted octanol–water partition coefficient (Wildman–Crippen LogP) is 4.07. The van der Waals surface area contributed by atoms with Crippen LogP contribution in [0.5, 0.6) is 0 Å². The van der Waals surface area contributed by atoms with Crippen LogP contribution >= 0.6 is 23.4 Å². The molecule has 0 bridgehead atoms. The molecule has 1 amide bonds. The summed E-state index contributed by atoms with van der Waals surface area (Å²) >= 11 is 7.65. The Labute approximate surface area is 147 Å². The molecule has 0 saturated heterocycles. The zero-order valence-corrected chi connectivity index (χ0v) is 15.0. The van der Waals surface area contributed by atoms with Crippen LogP contribution in [0.4, 0.5) is 5.69 Å². The van der Waals surface area contributed by atoms with E-state index in [2.05, 4.69) is 5.32 Å². The smallest absolute Gasteiger partial charge is 0.251 e. The molecule has 0 aromatic heterocycles. The fraction of sp³-hybridized carbons (Fsp3) is 0.278. The highest BCUT2D eigenvalue weighted by atomic mass is 35.5. The highest BCUT2D eigenvalue weighted by Gasteiger charge is 2.05. The number of halogens is 1. The molecule has 0 aliphatic carbocycles. The maximum absolute atomic E-state index is 12.0. The number of benzene rings is 2. The highest BCUT2D eigenvalue weighted by molar-refractivity contribution is 7.98. The summed E-state index contributed by atoms with van der Waals surface area (Å²) in [6, 6.07) is 15.5. The number of rotatable bonds is 7. The molecular weight excluding hydrogens is 328 g/mol. The lowest BCUT2D eigenvalue weighted by Crippen LogP contribution is -2.25. The highest BCUT2D eigenvalue weighted by Crippen LogP contribution is 2.15. The Bertz CT molecular complexity index is 626. The van der Waals surface area contributed by atoms with Crippen LogP contribution in [0.2, 0.25) is 5.02 Å². The first-order valence-electron chi connectivity index (χ1n) is 7.44. The van der Waals surface area contributed by atoms with Crippen LogP contribution in [-0.2, 0) is 5.75 Å². The van der Waals surface area contributed by atoms with Gasteiger partial charge in [0.15, 0.2) is 0 Å². The summed E-state index contributed by atoms with van der Waals surface area (Å²) in [7, 11) is 3.96. The standard InChI is InChI=1S/C18H21ClN2OS/c1-21(2)17-9-5-15(6-10-17)18(22)20-11-12-23-13-14-3-7-16(19)8-4-14/h3-10H,11-13H2,1-2H3,(H,20,22). The lowest BCUT2D eigenvalue weighted by Gasteiger charge is -2.12. The second-order valence-corrected chi connectivity index (χ2v) is 6.92. The summed E-state index contributed by atoms with van der Waals surface area (Å²) in [4.78, 5) is 14.1.